The zero-order chi connectivity index (χ0) is 11.3. The Balaban J connectivity index is 2.48. The van der Waals surface area contributed by atoms with Crippen LogP contribution in [0.15, 0.2) is 24.3 Å². The minimum absolute atomic E-state index is 0.456. The SMILES string of the molecule is CN(Cc1ccc(Cl)cc1)CC(Cl)C#N. The summed E-state index contributed by atoms with van der Waals surface area (Å²) < 4.78 is 0. The Morgan fingerprint density at radius 3 is 2.53 bits per heavy atom. The van der Waals surface area contributed by atoms with Gasteiger partial charge in [-0.2, -0.15) is 5.26 Å². The van der Waals surface area contributed by atoms with Crippen molar-refractivity contribution in [2.24, 2.45) is 0 Å². The maximum Gasteiger partial charge on any atom is 0.133 e. The summed E-state index contributed by atoms with van der Waals surface area (Å²) in [7, 11) is 1.93. The molecule has 0 aliphatic carbocycles. The van der Waals surface area contributed by atoms with Gasteiger partial charge in [-0.1, -0.05) is 23.7 Å². The van der Waals surface area contributed by atoms with Crippen molar-refractivity contribution in [1.82, 2.24) is 4.90 Å². The monoisotopic (exact) mass is 242 g/mol. The van der Waals surface area contributed by atoms with Crippen LogP contribution in [-0.2, 0) is 6.54 Å². The second kappa shape index (κ2) is 5.97. The van der Waals surface area contributed by atoms with Crippen LogP contribution in [0.3, 0.4) is 0 Å². The van der Waals surface area contributed by atoms with E-state index in [9.17, 15) is 0 Å². The van der Waals surface area contributed by atoms with Crippen molar-refractivity contribution in [3.8, 4) is 6.07 Å². The van der Waals surface area contributed by atoms with Gasteiger partial charge in [0.05, 0.1) is 6.07 Å². The number of alkyl halides is 1. The Kier molecular flexibility index (Phi) is 4.90. The highest BCUT2D eigenvalue weighted by Crippen LogP contribution is 2.11. The number of hydrogen-bond donors (Lipinski definition) is 0. The van der Waals surface area contributed by atoms with E-state index in [0.717, 1.165) is 17.1 Å². The fourth-order valence-corrected chi connectivity index (χ4v) is 1.64. The lowest BCUT2D eigenvalue weighted by molar-refractivity contribution is 0.337. The molecule has 80 valence electrons. The van der Waals surface area contributed by atoms with Gasteiger partial charge in [-0.05, 0) is 24.7 Å². The highest BCUT2D eigenvalue weighted by Gasteiger charge is 2.07. The minimum atomic E-state index is -0.456. The van der Waals surface area contributed by atoms with E-state index in [0.29, 0.717) is 6.54 Å². The van der Waals surface area contributed by atoms with Crippen molar-refractivity contribution in [3.05, 3.63) is 34.9 Å². The van der Waals surface area contributed by atoms with Gasteiger partial charge in [-0.15, -0.1) is 11.6 Å². The van der Waals surface area contributed by atoms with Crippen LogP contribution < -0.4 is 0 Å². The Morgan fingerprint density at radius 2 is 2.00 bits per heavy atom. The molecule has 0 fully saturated rings. The van der Waals surface area contributed by atoms with Crippen LogP contribution in [0.1, 0.15) is 5.56 Å². The fourth-order valence-electron chi connectivity index (χ4n) is 1.28. The van der Waals surface area contributed by atoms with Crippen LogP contribution in [0.2, 0.25) is 5.02 Å². The Bertz CT molecular complexity index is 343. The smallest absolute Gasteiger partial charge is 0.133 e. The molecule has 1 aromatic carbocycles. The molecule has 1 atom stereocenters. The lowest BCUT2D eigenvalue weighted by atomic mass is 10.2. The predicted molar refractivity (Wildman–Crippen MR) is 63.0 cm³/mol. The van der Waals surface area contributed by atoms with Gasteiger partial charge in [0, 0.05) is 18.1 Å². The second-order valence-electron chi connectivity index (χ2n) is 3.42. The van der Waals surface area contributed by atoms with Gasteiger partial charge in [-0.25, -0.2) is 0 Å². The second-order valence-corrected chi connectivity index (χ2v) is 4.38. The molecule has 0 bridgehead atoms. The minimum Gasteiger partial charge on any atom is -0.300 e. The molecule has 2 nitrogen and oxygen atoms in total. The first-order valence-electron chi connectivity index (χ1n) is 4.58. The van der Waals surface area contributed by atoms with E-state index >= 15 is 0 Å². The number of hydrogen-bond acceptors (Lipinski definition) is 2. The molecule has 1 unspecified atom stereocenters. The summed E-state index contributed by atoms with van der Waals surface area (Å²) in [4.78, 5) is 2.00. The van der Waals surface area contributed by atoms with Crippen LogP contribution in [-0.4, -0.2) is 23.9 Å². The largest absolute Gasteiger partial charge is 0.300 e. The van der Waals surface area contributed by atoms with E-state index in [1.807, 2.05) is 42.3 Å². The molecule has 0 heterocycles. The zero-order valence-corrected chi connectivity index (χ0v) is 9.96. The van der Waals surface area contributed by atoms with Gasteiger partial charge in [0.25, 0.3) is 0 Å². The van der Waals surface area contributed by atoms with Crippen LogP contribution in [0, 0.1) is 11.3 Å². The molecule has 1 rings (SSSR count). The zero-order valence-electron chi connectivity index (χ0n) is 8.45. The summed E-state index contributed by atoms with van der Waals surface area (Å²) in [6.07, 6.45) is 0. The predicted octanol–water partition coefficient (Wildman–Crippen LogP) is 2.90. The molecule has 4 heteroatoms. The summed E-state index contributed by atoms with van der Waals surface area (Å²) in [5, 5.41) is 8.83. The van der Waals surface area contributed by atoms with Gasteiger partial charge in [-0.3, -0.25) is 4.90 Å². The number of nitriles is 1. The fraction of sp³-hybridized carbons (Fsp3) is 0.364. The number of rotatable bonds is 4. The molecule has 0 N–H and O–H groups in total. The summed E-state index contributed by atoms with van der Waals surface area (Å²) in [6, 6.07) is 9.64. The van der Waals surface area contributed by atoms with Gasteiger partial charge >= 0.3 is 0 Å². The number of halogens is 2. The summed E-state index contributed by atoms with van der Waals surface area (Å²) in [5.41, 5.74) is 1.16. The van der Waals surface area contributed by atoms with E-state index < -0.39 is 5.38 Å². The van der Waals surface area contributed by atoms with Crippen LogP contribution in [0.5, 0.6) is 0 Å². The number of nitrogens with zero attached hydrogens (tertiary/aromatic N) is 2. The highest BCUT2D eigenvalue weighted by molar-refractivity contribution is 6.30. The van der Waals surface area contributed by atoms with Gasteiger partial charge in [0.2, 0.25) is 0 Å². The number of benzene rings is 1. The van der Waals surface area contributed by atoms with E-state index in [-0.39, 0.29) is 0 Å². The normalized spacial score (nSPS) is 12.5. The van der Waals surface area contributed by atoms with Gasteiger partial charge in [0.15, 0.2) is 0 Å². The summed E-state index contributed by atoms with van der Waals surface area (Å²) in [6.45, 7) is 1.32. The van der Waals surface area contributed by atoms with E-state index in [4.69, 9.17) is 28.5 Å². The standard InChI is InChI=1S/C11H12Cl2N2/c1-15(8-11(13)6-14)7-9-2-4-10(12)5-3-9/h2-5,11H,7-8H2,1H3. The molecule has 0 spiro atoms. The Labute approximate surface area is 100 Å². The van der Waals surface area contributed by atoms with Crippen molar-refractivity contribution < 1.29 is 0 Å². The van der Waals surface area contributed by atoms with Crippen molar-refractivity contribution >= 4 is 23.2 Å². The first-order chi connectivity index (χ1) is 7.11. The summed E-state index contributed by atoms with van der Waals surface area (Å²) in [5.74, 6) is 0. The lowest BCUT2D eigenvalue weighted by Gasteiger charge is -2.16. The molecule has 0 saturated heterocycles. The molecular formula is C11H12Cl2N2. The average Bonchev–Trinajstić information content (AvgIpc) is 2.21. The van der Waals surface area contributed by atoms with Gasteiger partial charge in [0.1, 0.15) is 5.38 Å². The lowest BCUT2D eigenvalue weighted by Crippen LogP contribution is -2.24. The third-order valence-corrected chi connectivity index (χ3v) is 2.47. The molecule has 0 aliphatic heterocycles. The van der Waals surface area contributed by atoms with Crippen LogP contribution in [0.4, 0.5) is 0 Å². The van der Waals surface area contributed by atoms with Crippen molar-refractivity contribution in [2.45, 2.75) is 11.9 Å². The van der Waals surface area contributed by atoms with Crippen LogP contribution >= 0.6 is 23.2 Å². The molecule has 0 amide bonds. The van der Waals surface area contributed by atoms with Crippen LogP contribution in [0.25, 0.3) is 0 Å². The molecule has 0 radical (unpaired) electrons. The molecule has 0 saturated carbocycles. The third kappa shape index (κ3) is 4.53. The Morgan fingerprint density at radius 1 is 1.40 bits per heavy atom. The third-order valence-electron chi connectivity index (χ3n) is 1.98. The Hall–Kier alpha value is -0.750. The van der Waals surface area contributed by atoms with Crippen molar-refractivity contribution in [2.75, 3.05) is 13.6 Å². The molecular weight excluding hydrogens is 231 g/mol. The quantitative estimate of drug-likeness (QED) is 0.760. The molecule has 0 aliphatic rings. The highest BCUT2D eigenvalue weighted by atomic mass is 35.5. The van der Waals surface area contributed by atoms with Gasteiger partial charge < -0.3 is 0 Å². The van der Waals surface area contributed by atoms with E-state index in [1.54, 1.807) is 0 Å². The van der Waals surface area contributed by atoms with Crippen molar-refractivity contribution in [3.63, 3.8) is 0 Å². The maximum absolute atomic E-state index is 8.56. The van der Waals surface area contributed by atoms with E-state index in [1.165, 1.54) is 0 Å². The summed E-state index contributed by atoms with van der Waals surface area (Å²) >= 11 is 11.5. The molecule has 0 aromatic heterocycles. The van der Waals surface area contributed by atoms with Crippen molar-refractivity contribution in [1.29, 1.82) is 5.26 Å². The maximum atomic E-state index is 8.56. The first kappa shape index (κ1) is 12.3. The average molecular weight is 243 g/mol. The first-order valence-corrected chi connectivity index (χ1v) is 5.40. The topological polar surface area (TPSA) is 27.0 Å². The molecule has 15 heavy (non-hydrogen) atoms. The molecule has 1 aromatic rings. The van der Waals surface area contributed by atoms with E-state index in [2.05, 4.69) is 0 Å².